The van der Waals surface area contributed by atoms with Gasteiger partial charge in [-0.3, -0.25) is 0 Å². The Morgan fingerprint density at radius 1 is 1.30 bits per heavy atom. The van der Waals surface area contributed by atoms with Crippen LogP contribution in [0.2, 0.25) is 0 Å². The van der Waals surface area contributed by atoms with Crippen LogP contribution in [0.15, 0.2) is 12.1 Å². The van der Waals surface area contributed by atoms with Crippen molar-refractivity contribution in [2.75, 3.05) is 13.2 Å². The maximum atomic E-state index is 11.8. The van der Waals surface area contributed by atoms with Crippen molar-refractivity contribution in [2.24, 2.45) is 5.92 Å². The predicted molar refractivity (Wildman–Crippen MR) is 86.2 cm³/mol. The minimum absolute atomic E-state index is 0.0475. The van der Waals surface area contributed by atoms with Gasteiger partial charge in [0.25, 0.3) is 0 Å². The summed E-state index contributed by atoms with van der Waals surface area (Å²) in [5.74, 6) is 1.24. The number of ether oxygens (including phenoxy) is 2. The number of carboxylic acids is 1. The fourth-order valence-electron chi connectivity index (χ4n) is 3.09. The molecule has 0 bridgehead atoms. The zero-order chi connectivity index (χ0) is 16.6. The topological polar surface area (TPSA) is 73.6 Å². The first-order valence-corrected chi connectivity index (χ1v) is 8.06. The van der Waals surface area contributed by atoms with Gasteiger partial charge in [0.15, 0.2) is 11.5 Å². The van der Waals surface area contributed by atoms with Gasteiger partial charge in [-0.15, -0.1) is 0 Å². The fraction of sp³-hybridized carbons (Fsp3) is 0.529. The van der Waals surface area contributed by atoms with E-state index >= 15 is 0 Å². The number of hydrogen-bond donors (Lipinski definition) is 1. The zero-order valence-electron chi connectivity index (χ0n) is 13.7. The molecule has 0 amide bonds. The van der Waals surface area contributed by atoms with Crippen LogP contribution in [-0.4, -0.2) is 33.8 Å². The summed E-state index contributed by atoms with van der Waals surface area (Å²) in [5, 5.41) is 9.70. The molecular formula is C17H22N2O4. The van der Waals surface area contributed by atoms with E-state index in [9.17, 15) is 9.90 Å². The Morgan fingerprint density at radius 3 is 2.52 bits per heavy atom. The van der Waals surface area contributed by atoms with E-state index in [1.807, 2.05) is 30.5 Å². The Morgan fingerprint density at radius 2 is 1.96 bits per heavy atom. The molecule has 1 atom stereocenters. The average Bonchev–Trinajstić information content (AvgIpc) is 2.82. The first-order chi connectivity index (χ1) is 11.0. The summed E-state index contributed by atoms with van der Waals surface area (Å²) in [7, 11) is 0. The molecule has 1 N–H and O–H groups in total. The molecule has 3 rings (SSSR count). The van der Waals surface area contributed by atoms with Crippen molar-refractivity contribution in [1.82, 2.24) is 9.55 Å². The molecule has 1 unspecified atom stereocenters. The van der Waals surface area contributed by atoms with Crippen molar-refractivity contribution in [3.63, 3.8) is 0 Å². The number of aliphatic carboxylic acids is 1. The van der Waals surface area contributed by atoms with Crippen LogP contribution < -0.4 is 9.47 Å². The molecule has 0 radical (unpaired) electrons. The molecule has 6 heteroatoms. The van der Waals surface area contributed by atoms with E-state index in [1.165, 1.54) is 0 Å². The number of rotatable bonds is 5. The summed E-state index contributed by atoms with van der Waals surface area (Å²) in [6.45, 7) is 6.91. The number of carbonyl (C=O) groups is 1. The molecule has 6 nitrogen and oxygen atoms in total. The van der Waals surface area contributed by atoms with Gasteiger partial charge in [0.1, 0.15) is 25.1 Å². The molecule has 1 aromatic carbocycles. The van der Waals surface area contributed by atoms with Crippen molar-refractivity contribution < 1.29 is 19.4 Å². The van der Waals surface area contributed by atoms with E-state index in [2.05, 4.69) is 11.9 Å². The molecule has 0 spiro atoms. The van der Waals surface area contributed by atoms with Crippen LogP contribution in [0.3, 0.4) is 0 Å². The monoisotopic (exact) mass is 318 g/mol. The van der Waals surface area contributed by atoms with E-state index < -0.39 is 12.0 Å². The molecule has 1 aliphatic rings. The van der Waals surface area contributed by atoms with Gasteiger partial charge < -0.3 is 19.1 Å². The zero-order valence-corrected chi connectivity index (χ0v) is 13.7. The van der Waals surface area contributed by atoms with Crippen molar-refractivity contribution in [3.05, 3.63) is 18.0 Å². The molecule has 0 aliphatic carbocycles. The van der Waals surface area contributed by atoms with Crippen molar-refractivity contribution in [1.29, 1.82) is 0 Å². The van der Waals surface area contributed by atoms with Gasteiger partial charge in [-0.2, -0.15) is 0 Å². The summed E-state index contributed by atoms with van der Waals surface area (Å²) in [6, 6.07) is 3.05. The first-order valence-electron chi connectivity index (χ1n) is 8.06. The Balaban J connectivity index is 2.23. The summed E-state index contributed by atoms with van der Waals surface area (Å²) >= 11 is 0. The van der Waals surface area contributed by atoms with Gasteiger partial charge in [0, 0.05) is 18.6 Å². The average molecular weight is 318 g/mol. The van der Waals surface area contributed by atoms with Crippen LogP contribution in [0, 0.1) is 5.92 Å². The highest BCUT2D eigenvalue weighted by molar-refractivity contribution is 5.83. The van der Waals surface area contributed by atoms with Crippen molar-refractivity contribution in [2.45, 2.75) is 39.7 Å². The number of aromatic nitrogens is 2. The second-order valence-corrected chi connectivity index (χ2v) is 6.16. The maximum Gasteiger partial charge on any atom is 0.327 e. The van der Waals surface area contributed by atoms with Crippen LogP contribution in [0.1, 0.15) is 39.1 Å². The largest absolute Gasteiger partial charge is 0.486 e. The molecule has 2 heterocycles. The lowest BCUT2D eigenvalue weighted by Crippen LogP contribution is -2.26. The summed E-state index contributed by atoms with van der Waals surface area (Å²) in [5.41, 5.74) is 1.54. The number of carboxylic acid groups (broad SMARTS) is 1. The standard InChI is InChI=1S/C17H22N2O4/c1-4-5-15-18-11-8-13-14(23-7-6-22-13)9-12(11)19(15)16(10(2)3)17(20)21/h8-10,16H,4-7H2,1-3H3,(H,20,21). The second kappa shape index (κ2) is 6.10. The van der Waals surface area contributed by atoms with Crippen LogP contribution in [0.25, 0.3) is 11.0 Å². The lowest BCUT2D eigenvalue weighted by Gasteiger charge is -2.22. The van der Waals surface area contributed by atoms with Gasteiger partial charge >= 0.3 is 5.97 Å². The molecule has 0 saturated heterocycles. The number of hydrogen-bond acceptors (Lipinski definition) is 4. The van der Waals surface area contributed by atoms with E-state index in [0.717, 1.165) is 29.7 Å². The summed E-state index contributed by atoms with van der Waals surface area (Å²) in [6.07, 6.45) is 1.64. The molecular weight excluding hydrogens is 296 g/mol. The SMILES string of the molecule is CCCc1nc2cc3c(cc2n1C(C(=O)O)C(C)C)OCCO3. The highest BCUT2D eigenvalue weighted by atomic mass is 16.6. The molecule has 2 aromatic rings. The Bertz CT molecular complexity index is 736. The second-order valence-electron chi connectivity index (χ2n) is 6.16. The highest BCUT2D eigenvalue weighted by Gasteiger charge is 2.29. The van der Waals surface area contributed by atoms with Crippen LogP contribution in [0.5, 0.6) is 11.5 Å². The normalized spacial score (nSPS) is 15.1. The minimum Gasteiger partial charge on any atom is -0.486 e. The molecule has 0 fully saturated rings. The third kappa shape index (κ3) is 2.73. The molecule has 1 aromatic heterocycles. The van der Waals surface area contributed by atoms with Crippen LogP contribution >= 0.6 is 0 Å². The Kier molecular flexibility index (Phi) is 4.15. The molecule has 0 saturated carbocycles. The fourth-order valence-corrected chi connectivity index (χ4v) is 3.09. The maximum absolute atomic E-state index is 11.8. The highest BCUT2D eigenvalue weighted by Crippen LogP contribution is 2.37. The van der Waals surface area contributed by atoms with Gasteiger partial charge in [-0.25, -0.2) is 9.78 Å². The van der Waals surface area contributed by atoms with Crippen LogP contribution in [0.4, 0.5) is 0 Å². The quantitative estimate of drug-likeness (QED) is 0.917. The van der Waals surface area contributed by atoms with E-state index in [-0.39, 0.29) is 5.92 Å². The number of fused-ring (bicyclic) bond motifs is 2. The summed E-state index contributed by atoms with van der Waals surface area (Å²) < 4.78 is 13.1. The number of aryl methyl sites for hydroxylation is 1. The Hall–Kier alpha value is -2.24. The minimum atomic E-state index is -0.841. The molecule has 124 valence electrons. The van der Waals surface area contributed by atoms with Crippen molar-refractivity contribution in [3.8, 4) is 11.5 Å². The number of benzene rings is 1. The van der Waals surface area contributed by atoms with Gasteiger partial charge in [0.2, 0.25) is 0 Å². The van der Waals surface area contributed by atoms with Crippen LogP contribution in [-0.2, 0) is 11.2 Å². The number of imidazole rings is 1. The van der Waals surface area contributed by atoms with Crippen molar-refractivity contribution >= 4 is 17.0 Å². The van der Waals surface area contributed by atoms with E-state index in [0.29, 0.717) is 24.7 Å². The lowest BCUT2D eigenvalue weighted by atomic mass is 10.0. The third-order valence-electron chi connectivity index (χ3n) is 4.06. The lowest BCUT2D eigenvalue weighted by molar-refractivity contribution is -0.142. The smallest absolute Gasteiger partial charge is 0.327 e. The Labute approximate surface area is 135 Å². The van der Waals surface area contributed by atoms with E-state index in [1.54, 1.807) is 0 Å². The predicted octanol–water partition coefficient (Wildman–Crippen LogP) is 3.04. The molecule has 1 aliphatic heterocycles. The number of nitrogens with zero attached hydrogens (tertiary/aromatic N) is 2. The third-order valence-corrected chi connectivity index (χ3v) is 4.06. The first kappa shape index (κ1) is 15.6. The summed E-state index contributed by atoms with van der Waals surface area (Å²) in [4.78, 5) is 16.5. The van der Waals surface area contributed by atoms with Gasteiger partial charge in [-0.1, -0.05) is 20.8 Å². The van der Waals surface area contributed by atoms with Gasteiger partial charge in [0.05, 0.1) is 11.0 Å². The van der Waals surface area contributed by atoms with E-state index in [4.69, 9.17) is 9.47 Å². The molecule has 23 heavy (non-hydrogen) atoms. The van der Waals surface area contributed by atoms with Gasteiger partial charge in [-0.05, 0) is 12.3 Å².